The Balaban J connectivity index is 2.40. The molecular formula is C13H25NO. The normalized spacial score (nSPS) is 24.9. The van der Waals surface area contributed by atoms with Gasteiger partial charge in [-0.3, -0.25) is 0 Å². The quantitative estimate of drug-likeness (QED) is 0.666. The Bertz CT molecular complexity index is 201. The average molecular weight is 211 g/mol. The van der Waals surface area contributed by atoms with Crippen LogP contribution in [0.25, 0.3) is 0 Å². The smallest absolute Gasteiger partial charge is 0.126 e. The molecule has 15 heavy (non-hydrogen) atoms. The van der Waals surface area contributed by atoms with Crippen molar-refractivity contribution in [3.63, 3.8) is 0 Å². The lowest BCUT2D eigenvalue weighted by Crippen LogP contribution is -2.35. The van der Waals surface area contributed by atoms with Gasteiger partial charge in [-0.2, -0.15) is 0 Å². The van der Waals surface area contributed by atoms with E-state index in [0.29, 0.717) is 0 Å². The van der Waals surface area contributed by atoms with Gasteiger partial charge in [0.1, 0.15) is 6.29 Å². The first-order chi connectivity index (χ1) is 7.07. The van der Waals surface area contributed by atoms with E-state index in [0.717, 1.165) is 18.7 Å². The molecule has 0 amide bonds. The van der Waals surface area contributed by atoms with Crippen LogP contribution in [0.1, 0.15) is 46.5 Å². The Morgan fingerprint density at radius 1 is 1.33 bits per heavy atom. The van der Waals surface area contributed by atoms with Crippen LogP contribution in [0.15, 0.2) is 0 Å². The molecule has 0 radical (unpaired) electrons. The molecule has 0 aromatic carbocycles. The Labute approximate surface area is 94.0 Å². The van der Waals surface area contributed by atoms with E-state index in [1.807, 2.05) is 13.8 Å². The van der Waals surface area contributed by atoms with Crippen molar-refractivity contribution in [2.24, 2.45) is 11.3 Å². The maximum Gasteiger partial charge on any atom is 0.126 e. The van der Waals surface area contributed by atoms with Crippen LogP contribution in [0.3, 0.4) is 0 Å². The van der Waals surface area contributed by atoms with Crippen LogP contribution in [0, 0.1) is 11.3 Å². The summed E-state index contributed by atoms with van der Waals surface area (Å²) >= 11 is 0. The van der Waals surface area contributed by atoms with Crippen molar-refractivity contribution < 1.29 is 4.79 Å². The van der Waals surface area contributed by atoms with Crippen LogP contribution >= 0.6 is 0 Å². The Kier molecular flexibility index (Phi) is 4.78. The van der Waals surface area contributed by atoms with E-state index in [4.69, 9.17) is 0 Å². The minimum atomic E-state index is -0.175. The summed E-state index contributed by atoms with van der Waals surface area (Å²) in [6.45, 7) is 9.62. The molecule has 0 aliphatic carbocycles. The Morgan fingerprint density at radius 3 is 2.67 bits per heavy atom. The molecule has 1 heterocycles. The molecule has 0 saturated carbocycles. The molecule has 0 bridgehead atoms. The number of hydrogen-bond acceptors (Lipinski definition) is 2. The molecule has 1 unspecified atom stereocenters. The second kappa shape index (κ2) is 5.64. The molecule has 2 heteroatoms. The molecule has 0 spiro atoms. The van der Waals surface area contributed by atoms with E-state index in [1.54, 1.807) is 0 Å². The monoisotopic (exact) mass is 211 g/mol. The van der Waals surface area contributed by atoms with E-state index in [9.17, 15) is 4.79 Å². The van der Waals surface area contributed by atoms with Gasteiger partial charge in [0.25, 0.3) is 0 Å². The maximum atomic E-state index is 10.9. The van der Waals surface area contributed by atoms with Crippen molar-refractivity contribution in [3.05, 3.63) is 0 Å². The van der Waals surface area contributed by atoms with Crippen LogP contribution in [0.2, 0.25) is 0 Å². The predicted molar refractivity (Wildman–Crippen MR) is 63.9 cm³/mol. The average Bonchev–Trinajstić information content (AvgIpc) is 2.43. The first-order valence-corrected chi connectivity index (χ1v) is 6.26. The summed E-state index contributed by atoms with van der Waals surface area (Å²) in [6.07, 6.45) is 6.38. The van der Waals surface area contributed by atoms with Gasteiger partial charge in [0.15, 0.2) is 0 Å². The van der Waals surface area contributed by atoms with Crippen LogP contribution in [0.4, 0.5) is 0 Å². The highest BCUT2D eigenvalue weighted by molar-refractivity contribution is 5.58. The highest BCUT2D eigenvalue weighted by atomic mass is 16.1. The molecular weight excluding hydrogens is 186 g/mol. The number of aldehydes is 1. The van der Waals surface area contributed by atoms with Gasteiger partial charge >= 0.3 is 0 Å². The largest absolute Gasteiger partial charge is 0.303 e. The number of hydrogen-bond donors (Lipinski definition) is 0. The fourth-order valence-corrected chi connectivity index (χ4v) is 2.40. The zero-order valence-electron chi connectivity index (χ0n) is 10.5. The number of carbonyl (C=O) groups excluding carboxylic acids is 1. The third-order valence-corrected chi connectivity index (χ3v) is 3.47. The van der Waals surface area contributed by atoms with E-state index >= 15 is 0 Å². The number of rotatable bonds is 4. The molecule has 1 rings (SSSR count). The summed E-state index contributed by atoms with van der Waals surface area (Å²) in [7, 11) is 0. The first kappa shape index (κ1) is 12.7. The molecule has 1 aliphatic rings. The van der Waals surface area contributed by atoms with Crippen molar-refractivity contribution >= 4 is 6.29 Å². The Morgan fingerprint density at radius 2 is 2.07 bits per heavy atom. The lowest BCUT2D eigenvalue weighted by atomic mass is 9.95. The fourth-order valence-electron chi connectivity index (χ4n) is 2.40. The molecule has 0 aromatic rings. The second-order valence-electron chi connectivity index (χ2n) is 5.59. The highest BCUT2D eigenvalue weighted by Gasteiger charge is 2.23. The van der Waals surface area contributed by atoms with Crippen molar-refractivity contribution in [3.8, 4) is 0 Å². The first-order valence-electron chi connectivity index (χ1n) is 6.26. The standard InChI is InChI=1S/C13H25NO/c1-4-12-6-5-8-14(9-7-12)10-13(2,3)11-15/h11-12H,4-10H2,1-3H3. The minimum absolute atomic E-state index is 0.175. The van der Waals surface area contributed by atoms with Gasteiger partial charge in [-0.05, 0) is 38.3 Å². The molecule has 2 nitrogen and oxygen atoms in total. The van der Waals surface area contributed by atoms with Gasteiger partial charge in [-0.1, -0.05) is 27.2 Å². The van der Waals surface area contributed by atoms with E-state index < -0.39 is 0 Å². The topological polar surface area (TPSA) is 20.3 Å². The number of carbonyl (C=O) groups is 1. The maximum absolute atomic E-state index is 10.9. The molecule has 88 valence electrons. The van der Waals surface area contributed by atoms with E-state index in [1.165, 1.54) is 38.8 Å². The van der Waals surface area contributed by atoms with E-state index in [-0.39, 0.29) is 5.41 Å². The van der Waals surface area contributed by atoms with Crippen LogP contribution < -0.4 is 0 Å². The van der Waals surface area contributed by atoms with Crippen LogP contribution in [-0.4, -0.2) is 30.8 Å². The minimum Gasteiger partial charge on any atom is -0.303 e. The summed E-state index contributed by atoms with van der Waals surface area (Å²) < 4.78 is 0. The van der Waals surface area contributed by atoms with Gasteiger partial charge in [0, 0.05) is 12.0 Å². The van der Waals surface area contributed by atoms with Crippen molar-refractivity contribution in [1.29, 1.82) is 0 Å². The molecule has 1 saturated heterocycles. The van der Waals surface area contributed by atoms with Crippen molar-refractivity contribution in [1.82, 2.24) is 4.90 Å². The molecule has 0 aromatic heterocycles. The van der Waals surface area contributed by atoms with Crippen LogP contribution in [-0.2, 0) is 4.79 Å². The van der Waals surface area contributed by atoms with Gasteiger partial charge in [-0.25, -0.2) is 0 Å². The van der Waals surface area contributed by atoms with Gasteiger partial charge in [-0.15, -0.1) is 0 Å². The summed E-state index contributed by atoms with van der Waals surface area (Å²) in [5.41, 5.74) is -0.175. The van der Waals surface area contributed by atoms with Gasteiger partial charge in [0.2, 0.25) is 0 Å². The van der Waals surface area contributed by atoms with Gasteiger partial charge in [0.05, 0.1) is 0 Å². The third-order valence-electron chi connectivity index (χ3n) is 3.47. The number of nitrogens with zero attached hydrogens (tertiary/aromatic N) is 1. The second-order valence-corrected chi connectivity index (χ2v) is 5.59. The zero-order chi connectivity index (χ0) is 11.3. The third kappa shape index (κ3) is 4.33. The van der Waals surface area contributed by atoms with Crippen molar-refractivity contribution in [2.45, 2.75) is 46.5 Å². The summed E-state index contributed by atoms with van der Waals surface area (Å²) in [4.78, 5) is 13.3. The summed E-state index contributed by atoms with van der Waals surface area (Å²) in [5, 5.41) is 0. The van der Waals surface area contributed by atoms with Gasteiger partial charge < -0.3 is 9.69 Å². The Hall–Kier alpha value is -0.370. The van der Waals surface area contributed by atoms with E-state index in [2.05, 4.69) is 11.8 Å². The lowest BCUT2D eigenvalue weighted by molar-refractivity contribution is -0.115. The summed E-state index contributed by atoms with van der Waals surface area (Å²) in [5.74, 6) is 0.911. The molecule has 0 N–H and O–H groups in total. The molecule has 1 fully saturated rings. The molecule has 1 atom stereocenters. The van der Waals surface area contributed by atoms with Crippen LogP contribution in [0.5, 0.6) is 0 Å². The fraction of sp³-hybridized carbons (Fsp3) is 0.923. The summed E-state index contributed by atoms with van der Waals surface area (Å²) in [6, 6.07) is 0. The number of likely N-dealkylation sites (tertiary alicyclic amines) is 1. The predicted octanol–water partition coefficient (Wildman–Crippen LogP) is 2.72. The van der Waals surface area contributed by atoms with Crippen molar-refractivity contribution in [2.75, 3.05) is 19.6 Å². The highest BCUT2D eigenvalue weighted by Crippen LogP contribution is 2.22. The molecule has 1 aliphatic heterocycles. The lowest BCUT2D eigenvalue weighted by Gasteiger charge is -2.27. The SMILES string of the molecule is CCC1CCCN(CC(C)(C)C=O)CC1. The zero-order valence-corrected chi connectivity index (χ0v) is 10.5.